The third-order valence-corrected chi connectivity index (χ3v) is 2.07. The van der Waals surface area contributed by atoms with Gasteiger partial charge in [0.25, 0.3) is 0 Å². The Balaban J connectivity index is 2.49. The molecule has 5 heteroatoms. The van der Waals surface area contributed by atoms with Gasteiger partial charge < -0.3 is 10.5 Å². The van der Waals surface area contributed by atoms with Crippen LogP contribution in [-0.2, 0) is 11.3 Å². The molecule has 80 valence electrons. The Morgan fingerprint density at radius 2 is 2.43 bits per heavy atom. The van der Waals surface area contributed by atoms with E-state index in [-0.39, 0.29) is 0 Å². The molecule has 0 saturated heterocycles. The number of aryl methyl sites for hydroxylation is 1. The highest BCUT2D eigenvalue weighted by Gasteiger charge is 2.09. The number of hydrogen-bond donors (Lipinski definition) is 1. The second kappa shape index (κ2) is 5.72. The first-order chi connectivity index (χ1) is 6.77. The van der Waals surface area contributed by atoms with Crippen LogP contribution < -0.4 is 5.73 Å². The van der Waals surface area contributed by atoms with E-state index < -0.39 is 0 Å². The first kappa shape index (κ1) is 11.1. The van der Waals surface area contributed by atoms with Crippen molar-refractivity contribution in [3.63, 3.8) is 0 Å². The summed E-state index contributed by atoms with van der Waals surface area (Å²) in [5.41, 5.74) is 6.38. The van der Waals surface area contributed by atoms with Crippen LogP contribution in [0.15, 0.2) is 6.20 Å². The Morgan fingerprint density at radius 1 is 1.64 bits per heavy atom. The summed E-state index contributed by atoms with van der Waals surface area (Å²) < 4.78 is 6.88. The van der Waals surface area contributed by atoms with Crippen LogP contribution in [0.1, 0.15) is 25.0 Å². The van der Waals surface area contributed by atoms with Gasteiger partial charge in [-0.05, 0) is 13.0 Å². The number of nitrogens with two attached hydrogens (primary N) is 1. The molecule has 0 spiro atoms. The SMILES string of the molecule is COCC(C)c1cn(CCCN)nn1. The third kappa shape index (κ3) is 3.08. The van der Waals surface area contributed by atoms with Gasteiger partial charge in [-0.15, -0.1) is 5.10 Å². The molecule has 1 aromatic rings. The number of ether oxygens (including phenoxy) is 1. The van der Waals surface area contributed by atoms with E-state index >= 15 is 0 Å². The van der Waals surface area contributed by atoms with Crippen molar-refractivity contribution in [1.82, 2.24) is 15.0 Å². The fraction of sp³-hybridized carbons (Fsp3) is 0.778. The Hall–Kier alpha value is -0.940. The van der Waals surface area contributed by atoms with E-state index in [4.69, 9.17) is 10.5 Å². The number of methoxy groups -OCH3 is 1. The second-order valence-electron chi connectivity index (χ2n) is 3.41. The Bertz CT molecular complexity index is 261. The molecular formula is C9H18N4O. The quantitative estimate of drug-likeness (QED) is 0.717. The summed E-state index contributed by atoms with van der Waals surface area (Å²) >= 11 is 0. The minimum atomic E-state index is 0.298. The highest BCUT2D eigenvalue weighted by Crippen LogP contribution is 2.11. The van der Waals surface area contributed by atoms with Gasteiger partial charge in [-0.3, -0.25) is 4.68 Å². The molecule has 0 fully saturated rings. The molecule has 0 aliphatic rings. The van der Waals surface area contributed by atoms with Crippen molar-refractivity contribution in [3.05, 3.63) is 11.9 Å². The predicted octanol–water partition coefficient (Wildman–Crippen LogP) is 0.377. The zero-order valence-corrected chi connectivity index (χ0v) is 8.81. The maximum Gasteiger partial charge on any atom is 0.0878 e. The first-order valence-corrected chi connectivity index (χ1v) is 4.87. The molecule has 1 heterocycles. The van der Waals surface area contributed by atoms with Crippen LogP contribution >= 0.6 is 0 Å². The van der Waals surface area contributed by atoms with Gasteiger partial charge in [0.2, 0.25) is 0 Å². The number of nitrogens with zero attached hydrogens (tertiary/aromatic N) is 3. The van der Waals surface area contributed by atoms with Gasteiger partial charge >= 0.3 is 0 Å². The van der Waals surface area contributed by atoms with Crippen LogP contribution in [0, 0.1) is 0 Å². The molecule has 0 bridgehead atoms. The standard InChI is InChI=1S/C9H18N4O/c1-8(7-14-2)9-6-13(12-11-9)5-3-4-10/h6,8H,3-5,7,10H2,1-2H3. The predicted molar refractivity (Wildman–Crippen MR) is 54.0 cm³/mol. The van der Waals surface area contributed by atoms with Gasteiger partial charge in [0, 0.05) is 25.8 Å². The van der Waals surface area contributed by atoms with Crippen LogP contribution in [0.3, 0.4) is 0 Å². The number of aromatic nitrogens is 3. The lowest BCUT2D eigenvalue weighted by molar-refractivity contribution is 0.183. The minimum absolute atomic E-state index is 0.298. The first-order valence-electron chi connectivity index (χ1n) is 4.87. The van der Waals surface area contributed by atoms with E-state index in [0.29, 0.717) is 19.1 Å². The van der Waals surface area contributed by atoms with Crippen LogP contribution in [0.4, 0.5) is 0 Å². The summed E-state index contributed by atoms with van der Waals surface area (Å²) in [5.74, 6) is 0.298. The van der Waals surface area contributed by atoms with Gasteiger partial charge in [-0.1, -0.05) is 12.1 Å². The fourth-order valence-electron chi connectivity index (χ4n) is 1.24. The topological polar surface area (TPSA) is 66.0 Å². The van der Waals surface area contributed by atoms with Crippen molar-refractivity contribution in [3.8, 4) is 0 Å². The molecule has 0 aliphatic heterocycles. The van der Waals surface area contributed by atoms with Crippen LogP contribution in [0.2, 0.25) is 0 Å². The molecule has 0 saturated carbocycles. The molecule has 0 amide bonds. The van der Waals surface area contributed by atoms with E-state index in [2.05, 4.69) is 17.2 Å². The molecule has 0 aliphatic carbocycles. The molecule has 5 nitrogen and oxygen atoms in total. The molecule has 1 atom stereocenters. The van der Waals surface area contributed by atoms with Gasteiger partial charge in [0.1, 0.15) is 0 Å². The van der Waals surface area contributed by atoms with Crippen molar-refractivity contribution < 1.29 is 4.74 Å². The van der Waals surface area contributed by atoms with Crippen LogP contribution in [-0.4, -0.2) is 35.3 Å². The largest absolute Gasteiger partial charge is 0.384 e. The lowest BCUT2D eigenvalue weighted by Gasteiger charge is -2.04. The maximum absolute atomic E-state index is 5.41. The molecule has 1 rings (SSSR count). The molecule has 0 aromatic carbocycles. The van der Waals surface area contributed by atoms with Gasteiger partial charge in [0.05, 0.1) is 12.3 Å². The fourth-order valence-corrected chi connectivity index (χ4v) is 1.24. The molecule has 1 unspecified atom stereocenters. The maximum atomic E-state index is 5.41. The zero-order chi connectivity index (χ0) is 10.4. The summed E-state index contributed by atoms with van der Waals surface area (Å²) in [6.45, 7) is 4.27. The smallest absolute Gasteiger partial charge is 0.0878 e. The highest BCUT2D eigenvalue weighted by atomic mass is 16.5. The van der Waals surface area contributed by atoms with E-state index in [1.807, 2.05) is 10.9 Å². The molecule has 1 aromatic heterocycles. The lowest BCUT2D eigenvalue weighted by atomic mass is 10.1. The van der Waals surface area contributed by atoms with E-state index in [0.717, 1.165) is 18.7 Å². The van der Waals surface area contributed by atoms with E-state index in [1.54, 1.807) is 7.11 Å². The summed E-state index contributed by atoms with van der Waals surface area (Å²) in [5, 5.41) is 8.09. The van der Waals surface area contributed by atoms with E-state index in [9.17, 15) is 0 Å². The highest BCUT2D eigenvalue weighted by molar-refractivity contribution is 4.99. The second-order valence-corrected chi connectivity index (χ2v) is 3.41. The zero-order valence-electron chi connectivity index (χ0n) is 8.81. The monoisotopic (exact) mass is 198 g/mol. The van der Waals surface area contributed by atoms with Crippen molar-refractivity contribution in [2.45, 2.75) is 25.8 Å². The van der Waals surface area contributed by atoms with Gasteiger partial charge in [-0.2, -0.15) is 0 Å². The summed E-state index contributed by atoms with van der Waals surface area (Å²) in [7, 11) is 1.69. The Kier molecular flexibility index (Phi) is 4.55. The normalized spacial score (nSPS) is 13.1. The molecular weight excluding hydrogens is 180 g/mol. The van der Waals surface area contributed by atoms with Crippen LogP contribution in [0.5, 0.6) is 0 Å². The minimum Gasteiger partial charge on any atom is -0.384 e. The van der Waals surface area contributed by atoms with Crippen molar-refractivity contribution >= 4 is 0 Å². The number of rotatable bonds is 6. The van der Waals surface area contributed by atoms with Crippen molar-refractivity contribution in [2.24, 2.45) is 5.73 Å². The summed E-state index contributed by atoms with van der Waals surface area (Å²) in [6.07, 6.45) is 2.89. The van der Waals surface area contributed by atoms with Crippen molar-refractivity contribution in [1.29, 1.82) is 0 Å². The molecule has 0 radical (unpaired) electrons. The lowest BCUT2D eigenvalue weighted by Crippen LogP contribution is -2.06. The molecule has 14 heavy (non-hydrogen) atoms. The van der Waals surface area contributed by atoms with Crippen LogP contribution in [0.25, 0.3) is 0 Å². The summed E-state index contributed by atoms with van der Waals surface area (Å²) in [6, 6.07) is 0. The molecule has 2 N–H and O–H groups in total. The third-order valence-electron chi connectivity index (χ3n) is 2.07. The Morgan fingerprint density at radius 3 is 3.07 bits per heavy atom. The van der Waals surface area contributed by atoms with E-state index in [1.165, 1.54) is 0 Å². The Labute approximate surface area is 84.2 Å². The summed E-state index contributed by atoms with van der Waals surface area (Å²) in [4.78, 5) is 0. The van der Waals surface area contributed by atoms with Gasteiger partial charge in [0.15, 0.2) is 0 Å². The average Bonchev–Trinajstić information content (AvgIpc) is 2.63. The number of hydrogen-bond acceptors (Lipinski definition) is 4. The average molecular weight is 198 g/mol. The van der Waals surface area contributed by atoms with Gasteiger partial charge in [-0.25, -0.2) is 0 Å². The van der Waals surface area contributed by atoms with Crippen molar-refractivity contribution in [2.75, 3.05) is 20.3 Å².